The molecular formula is C19H30N4O7S. The van der Waals surface area contributed by atoms with E-state index in [1.54, 1.807) is 6.07 Å². The minimum Gasteiger partial charge on any atom is -0.490 e. The molecule has 12 heteroatoms. The van der Waals surface area contributed by atoms with Gasteiger partial charge in [0.05, 0.1) is 25.6 Å². The molecule has 0 saturated heterocycles. The molecule has 174 valence electrons. The van der Waals surface area contributed by atoms with E-state index in [0.717, 1.165) is 12.8 Å². The molecule has 0 aliphatic heterocycles. The third kappa shape index (κ3) is 10.8. The highest BCUT2D eigenvalue weighted by Crippen LogP contribution is 2.39. The van der Waals surface area contributed by atoms with Crippen molar-refractivity contribution in [3.63, 3.8) is 0 Å². The summed E-state index contributed by atoms with van der Waals surface area (Å²) in [6.07, 6.45) is 2.04. The Bertz CT molecular complexity index is 855. The normalized spacial score (nSPS) is 10.8. The van der Waals surface area contributed by atoms with Gasteiger partial charge in [0.15, 0.2) is 11.5 Å². The Labute approximate surface area is 182 Å². The monoisotopic (exact) mass is 458 g/mol. The average Bonchev–Trinajstić information content (AvgIpc) is 2.73. The predicted octanol–water partition coefficient (Wildman–Crippen LogP) is 3.35. The number of amides is 1. The highest BCUT2D eigenvalue weighted by molar-refractivity contribution is 7.85. The van der Waals surface area contributed by atoms with Crippen molar-refractivity contribution in [1.29, 1.82) is 0 Å². The lowest BCUT2D eigenvalue weighted by Crippen LogP contribution is -2.25. The Morgan fingerprint density at radius 2 is 1.71 bits per heavy atom. The lowest BCUT2D eigenvalue weighted by Gasteiger charge is -2.18. The highest BCUT2D eigenvalue weighted by Gasteiger charge is 2.19. The second kappa shape index (κ2) is 14.3. The Kier molecular flexibility index (Phi) is 12.2. The molecule has 1 amide bonds. The molecule has 0 saturated carbocycles. The first kappa shape index (κ1) is 26.3. The van der Waals surface area contributed by atoms with Crippen LogP contribution in [0.1, 0.15) is 49.9 Å². The topological polar surface area (TPSA) is 160 Å². The molecule has 0 bridgehead atoms. The molecule has 0 aliphatic carbocycles. The van der Waals surface area contributed by atoms with E-state index in [4.69, 9.17) is 24.3 Å². The fraction of sp³-hybridized carbons (Fsp3) is 0.632. The maximum atomic E-state index is 12.6. The lowest BCUT2D eigenvalue weighted by molar-refractivity contribution is 0.0952. The molecule has 0 aliphatic rings. The number of ether oxygens (including phenoxy) is 3. The van der Waals surface area contributed by atoms with Crippen LogP contribution < -0.4 is 19.5 Å². The molecule has 0 unspecified atom stereocenters. The van der Waals surface area contributed by atoms with E-state index in [2.05, 4.69) is 15.3 Å². The number of nitrogens with one attached hydrogen (secondary N) is 1. The van der Waals surface area contributed by atoms with Gasteiger partial charge in [-0.15, -0.1) is 0 Å². The summed E-state index contributed by atoms with van der Waals surface area (Å²) in [6.45, 7) is 5.27. The predicted molar refractivity (Wildman–Crippen MR) is 116 cm³/mol. The fourth-order valence-electron chi connectivity index (χ4n) is 2.40. The summed E-state index contributed by atoms with van der Waals surface area (Å²) in [5.41, 5.74) is 8.57. The first-order valence-electron chi connectivity index (χ1n) is 10.1. The Morgan fingerprint density at radius 1 is 1.10 bits per heavy atom. The average molecular weight is 459 g/mol. The first-order valence-corrected chi connectivity index (χ1v) is 11.7. The van der Waals surface area contributed by atoms with Crippen LogP contribution in [0.25, 0.3) is 10.4 Å². The van der Waals surface area contributed by atoms with E-state index in [-0.39, 0.29) is 36.8 Å². The van der Waals surface area contributed by atoms with Gasteiger partial charge in [0.25, 0.3) is 16.0 Å². The second-order valence-electron chi connectivity index (χ2n) is 6.55. The number of hydrogen-bond acceptors (Lipinski definition) is 7. The summed E-state index contributed by atoms with van der Waals surface area (Å²) in [5, 5.41) is 6.15. The zero-order valence-electron chi connectivity index (χ0n) is 17.9. The largest absolute Gasteiger partial charge is 0.490 e. The number of hydrogen-bond donors (Lipinski definition) is 2. The van der Waals surface area contributed by atoms with Crippen molar-refractivity contribution in [2.75, 3.05) is 38.7 Å². The van der Waals surface area contributed by atoms with Crippen molar-refractivity contribution < 1.29 is 32.0 Å². The van der Waals surface area contributed by atoms with Crippen molar-refractivity contribution in [2.24, 2.45) is 5.11 Å². The molecule has 0 fully saturated rings. The molecule has 0 atom stereocenters. The summed E-state index contributed by atoms with van der Waals surface area (Å²) >= 11 is 0. The van der Waals surface area contributed by atoms with E-state index >= 15 is 0 Å². The van der Waals surface area contributed by atoms with E-state index in [0.29, 0.717) is 37.7 Å². The van der Waals surface area contributed by atoms with E-state index < -0.39 is 15.9 Å². The first-order chi connectivity index (χ1) is 14.8. The Balaban J connectivity index is 3.07. The molecular weight excluding hydrogens is 428 g/mol. The SMILES string of the molecule is CCCOc1cc(C(=O)NCCCN=[N+]=[N-])cc(OCCCS(=O)(=O)O)c1OCCC. The van der Waals surface area contributed by atoms with Crippen LogP contribution >= 0.6 is 0 Å². The number of nitrogens with zero attached hydrogens (tertiary/aromatic N) is 3. The zero-order chi connectivity index (χ0) is 23.1. The molecule has 0 heterocycles. The van der Waals surface area contributed by atoms with Gasteiger partial charge in [-0.2, -0.15) is 8.42 Å². The summed E-state index contributed by atoms with van der Waals surface area (Å²) in [7, 11) is -4.09. The number of benzene rings is 1. The van der Waals surface area contributed by atoms with Gasteiger partial charge in [-0.3, -0.25) is 9.35 Å². The molecule has 0 radical (unpaired) electrons. The van der Waals surface area contributed by atoms with E-state index in [1.165, 1.54) is 6.07 Å². The zero-order valence-corrected chi connectivity index (χ0v) is 18.7. The summed E-state index contributed by atoms with van der Waals surface area (Å²) in [6, 6.07) is 3.06. The van der Waals surface area contributed by atoms with Gasteiger partial charge in [0.1, 0.15) is 0 Å². The van der Waals surface area contributed by atoms with Gasteiger partial charge in [0.2, 0.25) is 5.75 Å². The molecule has 1 rings (SSSR count). The molecule has 1 aromatic rings. The second-order valence-corrected chi connectivity index (χ2v) is 8.12. The molecule has 2 N–H and O–H groups in total. The van der Waals surface area contributed by atoms with Crippen LogP contribution in [0.4, 0.5) is 0 Å². The van der Waals surface area contributed by atoms with Gasteiger partial charge in [-0.25, -0.2) is 0 Å². The standard InChI is InChI=1S/C19H30N4O7S/c1-3-9-28-16-13-15(19(24)21-7-5-8-22-23-20)14-17(18(16)30-10-4-2)29-11-6-12-31(25,26)27/h13-14H,3-12H2,1-2H3,(H,21,24)(H,25,26,27). The van der Waals surface area contributed by atoms with Crippen LogP contribution in [0.3, 0.4) is 0 Å². The Morgan fingerprint density at radius 3 is 2.29 bits per heavy atom. The summed E-state index contributed by atoms with van der Waals surface area (Å²) < 4.78 is 47.9. The molecule has 1 aromatic carbocycles. The van der Waals surface area contributed by atoms with E-state index in [9.17, 15) is 13.2 Å². The van der Waals surface area contributed by atoms with Crippen molar-refractivity contribution in [3.8, 4) is 17.2 Å². The quantitative estimate of drug-likeness (QED) is 0.126. The third-order valence-corrected chi connectivity index (χ3v) is 4.59. The van der Waals surface area contributed by atoms with Crippen LogP contribution in [0.2, 0.25) is 0 Å². The van der Waals surface area contributed by atoms with Crippen molar-refractivity contribution in [2.45, 2.75) is 39.5 Å². The van der Waals surface area contributed by atoms with Crippen LogP contribution in [0.15, 0.2) is 17.2 Å². The van der Waals surface area contributed by atoms with Gasteiger partial charge in [-0.1, -0.05) is 19.0 Å². The van der Waals surface area contributed by atoms with Gasteiger partial charge >= 0.3 is 0 Å². The maximum Gasteiger partial charge on any atom is 0.264 e. The van der Waals surface area contributed by atoms with E-state index in [1.807, 2.05) is 13.8 Å². The van der Waals surface area contributed by atoms with Crippen molar-refractivity contribution >= 4 is 16.0 Å². The number of carbonyl (C=O) groups excluding carboxylic acids is 1. The summed E-state index contributed by atoms with van der Waals surface area (Å²) in [4.78, 5) is 15.2. The highest BCUT2D eigenvalue weighted by atomic mass is 32.2. The molecule has 0 aromatic heterocycles. The maximum absolute atomic E-state index is 12.6. The minimum absolute atomic E-state index is 0.00721. The van der Waals surface area contributed by atoms with Gasteiger partial charge in [-0.05, 0) is 43.3 Å². The summed E-state index contributed by atoms with van der Waals surface area (Å²) in [5.74, 6) is 0.121. The Hall–Kier alpha value is -2.69. The fourth-order valence-corrected chi connectivity index (χ4v) is 2.89. The lowest BCUT2D eigenvalue weighted by atomic mass is 10.1. The number of carbonyl (C=O) groups is 1. The van der Waals surface area contributed by atoms with Gasteiger partial charge < -0.3 is 19.5 Å². The van der Waals surface area contributed by atoms with Crippen LogP contribution in [0, 0.1) is 0 Å². The molecule has 11 nitrogen and oxygen atoms in total. The molecule has 0 spiro atoms. The van der Waals surface area contributed by atoms with Crippen LogP contribution in [-0.2, 0) is 10.1 Å². The number of rotatable bonds is 16. The van der Waals surface area contributed by atoms with Gasteiger partial charge in [0, 0.05) is 23.6 Å². The molecule has 31 heavy (non-hydrogen) atoms. The van der Waals surface area contributed by atoms with Crippen molar-refractivity contribution in [1.82, 2.24) is 5.32 Å². The van der Waals surface area contributed by atoms with Crippen molar-refractivity contribution in [3.05, 3.63) is 28.1 Å². The third-order valence-electron chi connectivity index (χ3n) is 3.78. The van der Waals surface area contributed by atoms with Crippen LogP contribution in [-0.4, -0.2) is 57.5 Å². The van der Waals surface area contributed by atoms with Crippen LogP contribution in [0.5, 0.6) is 17.2 Å². The minimum atomic E-state index is -4.09. The number of azide groups is 1. The smallest absolute Gasteiger partial charge is 0.264 e.